The van der Waals surface area contributed by atoms with Crippen LogP contribution in [0.15, 0.2) is 18.3 Å². The third kappa shape index (κ3) is 1.09. The lowest BCUT2D eigenvalue weighted by molar-refractivity contribution is 0.100. The molecule has 0 spiro atoms. The first-order valence-corrected chi connectivity index (χ1v) is 3.97. The van der Waals surface area contributed by atoms with Gasteiger partial charge in [0.2, 0.25) is 0 Å². The number of ketones is 1. The fraction of sp³-hybridized carbons (Fsp3) is 0.444. The summed E-state index contributed by atoms with van der Waals surface area (Å²) in [5, 5.41) is 0. The molecule has 0 saturated heterocycles. The topological polar surface area (TPSA) is 22.0 Å². The Bertz CT molecular complexity index is 284. The zero-order valence-corrected chi connectivity index (χ0v) is 6.58. The second-order valence-electron chi connectivity index (χ2n) is 3.09. The number of hydrogen-bond acceptors (Lipinski definition) is 1. The van der Waals surface area contributed by atoms with Crippen LogP contribution in [-0.2, 0) is 0 Å². The molecule has 2 rings (SSSR count). The van der Waals surface area contributed by atoms with E-state index in [4.69, 9.17) is 0 Å². The lowest BCUT2D eigenvalue weighted by Gasteiger charge is -2.02. The van der Waals surface area contributed by atoms with Crippen LogP contribution in [-0.4, -0.2) is 10.4 Å². The molecule has 1 aliphatic carbocycles. The highest BCUT2D eigenvalue weighted by Crippen LogP contribution is 2.35. The summed E-state index contributed by atoms with van der Waals surface area (Å²) in [6.45, 7) is 1.62. The average molecular weight is 149 g/mol. The highest BCUT2D eigenvalue weighted by molar-refractivity contribution is 5.92. The Kier molecular flexibility index (Phi) is 1.34. The molecule has 0 N–H and O–H groups in total. The summed E-state index contributed by atoms with van der Waals surface area (Å²) in [5.74, 6) is 0.168. The fourth-order valence-corrected chi connectivity index (χ4v) is 1.36. The molecule has 2 nitrogen and oxygen atoms in total. The van der Waals surface area contributed by atoms with Crippen molar-refractivity contribution in [1.82, 2.24) is 4.57 Å². The second kappa shape index (κ2) is 2.22. The van der Waals surface area contributed by atoms with E-state index in [1.54, 1.807) is 6.92 Å². The molecule has 1 aliphatic rings. The lowest BCUT2D eigenvalue weighted by Crippen LogP contribution is -2.02. The first-order chi connectivity index (χ1) is 5.29. The molecule has 0 aromatic carbocycles. The Balaban J connectivity index is 2.37. The summed E-state index contributed by atoms with van der Waals surface area (Å²) in [5.41, 5.74) is 0.854. The Labute approximate surface area is 65.8 Å². The largest absolute Gasteiger partial charge is 0.342 e. The summed E-state index contributed by atoms with van der Waals surface area (Å²) in [6.07, 6.45) is 4.46. The SMILES string of the molecule is CC(=O)c1cccn1C1CC1. The van der Waals surface area contributed by atoms with E-state index in [9.17, 15) is 4.79 Å². The van der Waals surface area contributed by atoms with Gasteiger partial charge in [0.15, 0.2) is 5.78 Å². The van der Waals surface area contributed by atoms with Crippen LogP contribution in [0.4, 0.5) is 0 Å². The van der Waals surface area contributed by atoms with Crippen LogP contribution in [0.3, 0.4) is 0 Å². The monoisotopic (exact) mass is 149 g/mol. The molecule has 0 aliphatic heterocycles. The van der Waals surface area contributed by atoms with Gasteiger partial charge in [-0.25, -0.2) is 0 Å². The quantitative estimate of drug-likeness (QED) is 0.590. The number of aromatic nitrogens is 1. The second-order valence-corrected chi connectivity index (χ2v) is 3.09. The number of rotatable bonds is 2. The number of nitrogens with zero attached hydrogens (tertiary/aromatic N) is 1. The molecule has 2 heteroatoms. The van der Waals surface area contributed by atoms with E-state index in [0.717, 1.165) is 5.69 Å². The van der Waals surface area contributed by atoms with Gasteiger partial charge >= 0.3 is 0 Å². The van der Waals surface area contributed by atoms with E-state index >= 15 is 0 Å². The zero-order chi connectivity index (χ0) is 7.84. The number of hydrogen-bond donors (Lipinski definition) is 0. The van der Waals surface area contributed by atoms with Crippen molar-refractivity contribution in [3.63, 3.8) is 0 Å². The van der Waals surface area contributed by atoms with Gasteiger partial charge in [-0.05, 0) is 25.0 Å². The minimum atomic E-state index is 0.168. The minimum absolute atomic E-state index is 0.168. The van der Waals surface area contributed by atoms with Crippen LogP contribution < -0.4 is 0 Å². The summed E-state index contributed by atoms with van der Waals surface area (Å²) >= 11 is 0. The van der Waals surface area contributed by atoms with Crippen molar-refractivity contribution in [2.24, 2.45) is 0 Å². The van der Waals surface area contributed by atoms with Crippen LogP contribution in [0.2, 0.25) is 0 Å². The highest BCUT2D eigenvalue weighted by atomic mass is 16.1. The van der Waals surface area contributed by atoms with Crippen molar-refractivity contribution in [2.75, 3.05) is 0 Å². The van der Waals surface area contributed by atoms with Crippen molar-refractivity contribution >= 4 is 5.78 Å². The third-order valence-corrected chi connectivity index (χ3v) is 2.08. The lowest BCUT2D eigenvalue weighted by atomic mass is 10.3. The Morgan fingerprint density at radius 2 is 2.36 bits per heavy atom. The third-order valence-electron chi connectivity index (χ3n) is 2.08. The molecule has 1 aromatic rings. The first-order valence-electron chi connectivity index (χ1n) is 3.97. The van der Waals surface area contributed by atoms with Crippen molar-refractivity contribution in [3.8, 4) is 0 Å². The van der Waals surface area contributed by atoms with Crippen LogP contribution in [0.25, 0.3) is 0 Å². The molecule has 1 aromatic heterocycles. The molecule has 1 heterocycles. The summed E-state index contributed by atoms with van der Waals surface area (Å²) in [4.78, 5) is 11.0. The van der Waals surface area contributed by atoms with Gasteiger partial charge in [0.1, 0.15) is 0 Å². The number of carbonyl (C=O) groups is 1. The zero-order valence-electron chi connectivity index (χ0n) is 6.58. The van der Waals surface area contributed by atoms with Crippen molar-refractivity contribution in [2.45, 2.75) is 25.8 Å². The van der Waals surface area contributed by atoms with E-state index in [1.807, 2.05) is 18.3 Å². The predicted molar refractivity (Wildman–Crippen MR) is 42.7 cm³/mol. The maximum Gasteiger partial charge on any atom is 0.176 e. The van der Waals surface area contributed by atoms with Crippen LogP contribution >= 0.6 is 0 Å². The van der Waals surface area contributed by atoms with Crippen LogP contribution in [0, 0.1) is 0 Å². The van der Waals surface area contributed by atoms with Gasteiger partial charge in [-0.1, -0.05) is 0 Å². The predicted octanol–water partition coefficient (Wildman–Crippen LogP) is 2.03. The molecule has 0 amide bonds. The van der Waals surface area contributed by atoms with Gasteiger partial charge in [0, 0.05) is 19.2 Å². The van der Waals surface area contributed by atoms with E-state index in [2.05, 4.69) is 4.57 Å². The normalized spacial score (nSPS) is 16.8. The molecular formula is C9H11NO. The molecule has 11 heavy (non-hydrogen) atoms. The molecule has 0 bridgehead atoms. The molecule has 58 valence electrons. The Morgan fingerprint density at radius 3 is 2.91 bits per heavy atom. The van der Waals surface area contributed by atoms with E-state index in [0.29, 0.717) is 6.04 Å². The van der Waals surface area contributed by atoms with E-state index < -0.39 is 0 Å². The van der Waals surface area contributed by atoms with Gasteiger partial charge in [-0.3, -0.25) is 4.79 Å². The Hall–Kier alpha value is -1.05. The maximum atomic E-state index is 11.0. The highest BCUT2D eigenvalue weighted by Gasteiger charge is 2.25. The van der Waals surface area contributed by atoms with Gasteiger partial charge < -0.3 is 4.57 Å². The Morgan fingerprint density at radius 1 is 1.64 bits per heavy atom. The smallest absolute Gasteiger partial charge is 0.176 e. The number of carbonyl (C=O) groups excluding carboxylic acids is 1. The van der Waals surface area contributed by atoms with Crippen molar-refractivity contribution in [1.29, 1.82) is 0 Å². The van der Waals surface area contributed by atoms with Gasteiger partial charge in [0.25, 0.3) is 0 Å². The first kappa shape index (κ1) is 6.65. The number of Topliss-reactive ketones (excluding diaryl/α,β-unsaturated/α-hetero) is 1. The van der Waals surface area contributed by atoms with Gasteiger partial charge in [-0.2, -0.15) is 0 Å². The maximum absolute atomic E-state index is 11.0. The summed E-state index contributed by atoms with van der Waals surface area (Å²) < 4.78 is 2.09. The average Bonchev–Trinajstić information content (AvgIpc) is 2.68. The summed E-state index contributed by atoms with van der Waals surface area (Å²) in [6, 6.07) is 4.44. The molecule has 0 unspecified atom stereocenters. The fourth-order valence-electron chi connectivity index (χ4n) is 1.36. The molecule has 0 radical (unpaired) electrons. The standard InChI is InChI=1S/C9H11NO/c1-7(11)9-3-2-6-10(9)8-4-5-8/h2-3,6,8H,4-5H2,1H3. The van der Waals surface area contributed by atoms with Gasteiger partial charge in [-0.15, -0.1) is 0 Å². The molecule has 1 saturated carbocycles. The summed E-state index contributed by atoms with van der Waals surface area (Å²) in [7, 11) is 0. The van der Waals surface area contributed by atoms with Gasteiger partial charge in [0.05, 0.1) is 5.69 Å². The minimum Gasteiger partial charge on any atom is -0.342 e. The van der Waals surface area contributed by atoms with Crippen LogP contribution in [0.5, 0.6) is 0 Å². The van der Waals surface area contributed by atoms with E-state index in [1.165, 1.54) is 12.8 Å². The molecule has 0 atom stereocenters. The van der Waals surface area contributed by atoms with Crippen molar-refractivity contribution in [3.05, 3.63) is 24.0 Å². The van der Waals surface area contributed by atoms with Crippen molar-refractivity contribution < 1.29 is 4.79 Å². The van der Waals surface area contributed by atoms with Crippen LogP contribution in [0.1, 0.15) is 36.3 Å². The van der Waals surface area contributed by atoms with E-state index in [-0.39, 0.29) is 5.78 Å². The molecular weight excluding hydrogens is 138 g/mol. The molecule has 1 fully saturated rings.